The second-order valence-electron chi connectivity index (χ2n) is 4.34. The zero-order valence-electron chi connectivity index (χ0n) is 11.6. The smallest absolute Gasteiger partial charge is 0.217 e. The Bertz CT molecular complexity index is 340. The van der Waals surface area contributed by atoms with Crippen molar-refractivity contribution in [2.45, 2.75) is 39.3 Å². The van der Waals surface area contributed by atoms with Crippen LogP contribution in [0.3, 0.4) is 0 Å². The van der Waals surface area contributed by atoms with E-state index in [2.05, 4.69) is 23.7 Å². The number of aliphatic hydroxyl groups excluding tert-OH is 1. The van der Waals surface area contributed by atoms with E-state index in [9.17, 15) is 5.11 Å². The number of aliphatic hydroxyl groups is 1. The van der Waals surface area contributed by atoms with Crippen molar-refractivity contribution < 1.29 is 9.84 Å². The summed E-state index contributed by atoms with van der Waals surface area (Å²) in [7, 11) is 1.64. The molecule has 0 aliphatic heterocycles. The van der Waals surface area contributed by atoms with Crippen molar-refractivity contribution in [2.75, 3.05) is 20.3 Å². The number of ether oxygens (including phenoxy) is 1. The standard InChI is InChI=1S/C14H24N2O2/c1-4-13(5-2)16(9-10-17)11-12-7-6-8-15-14(12)18-3/h6-8,13,17H,4-5,9-11H2,1-3H3. The molecule has 0 atom stereocenters. The van der Waals surface area contributed by atoms with Crippen LogP contribution in [0, 0.1) is 0 Å². The van der Waals surface area contributed by atoms with Crippen molar-refractivity contribution in [3.63, 3.8) is 0 Å². The van der Waals surface area contributed by atoms with Crippen LogP contribution >= 0.6 is 0 Å². The molecule has 4 nitrogen and oxygen atoms in total. The van der Waals surface area contributed by atoms with Crippen molar-refractivity contribution in [3.8, 4) is 5.88 Å². The topological polar surface area (TPSA) is 45.6 Å². The molecule has 102 valence electrons. The molecule has 0 unspecified atom stereocenters. The summed E-state index contributed by atoms with van der Waals surface area (Å²) in [5.74, 6) is 0.673. The molecule has 0 bridgehead atoms. The second kappa shape index (κ2) is 8.06. The Hall–Kier alpha value is -1.13. The van der Waals surface area contributed by atoms with Gasteiger partial charge in [-0.2, -0.15) is 0 Å². The van der Waals surface area contributed by atoms with Gasteiger partial charge in [0.25, 0.3) is 0 Å². The van der Waals surface area contributed by atoms with Gasteiger partial charge in [0.2, 0.25) is 5.88 Å². The lowest BCUT2D eigenvalue weighted by Gasteiger charge is -2.30. The Morgan fingerprint density at radius 1 is 1.39 bits per heavy atom. The first-order chi connectivity index (χ1) is 8.76. The molecule has 0 aromatic carbocycles. The Morgan fingerprint density at radius 3 is 2.67 bits per heavy atom. The Labute approximate surface area is 110 Å². The zero-order chi connectivity index (χ0) is 13.4. The van der Waals surface area contributed by atoms with Crippen LogP contribution in [0.2, 0.25) is 0 Å². The predicted molar refractivity (Wildman–Crippen MR) is 72.7 cm³/mol. The average Bonchev–Trinajstić information content (AvgIpc) is 2.41. The van der Waals surface area contributed by atoms with Gasteiger partial charge in [-0.05, 0) is 18.9 Å². The number of aromatic nitrogens is 1. The van der Waals surface area contributed by atoms with E-state index >= 15 is 0 Å². The number of hydrogen-bond acceptors (Lipinski definition) is 4. The summed E-state index contributed by atoms with van der Waals surface area (Å²) in [6.45, 7) is 5.99. The third-order valence-electron chi connectivity index (χ3n) is 3.26. The number of hydrogen-bond donors (Lipinski definition) is 1. The van der Waals surface area contributed by atoms with Crippen LogP contribution in [0.5, 0.6) is 5.88 Å². The quantitative estimate of drug-likeness (QED) is 0.769. The molecule has 0 fully saturated rings. The van der Waals surface area contributed by atoms with Crippen LogP contribution in [0.15, 0.2) is 18.3 Å². The molecule has 0 amide bonds. The first-order valence-corrected chi connectivity index (χ1v) is 6.59. The van der Waals surface area contributed by atoms with E-state index in [0.29, 0.717) is 18.5 Å². The molecule has 0 aliphatic rings. The Morgan fingerprint density at radius 2 is 2.11 bits per heavy atom. The summed E-state index contributed by atoms with van der Waals surface area (Å²) < 4.78 is 5.27. The lowest BCUT2D eigenvalue weighted by atomic mass is 10.1. The molecule has 0 saturated carbocycles. The van der Waals surface area contributed by atoms with E-state index in [4.69, 9.17) is 4.74 Å². The molecule has 1 rings (SSSR count). The molecule has 1 aromatic rings. The highest BCUT2D eigenvalue weighted by Gasteiger charge is 2.16. The summed E-state index contributed by atoms with van der Waals surface area (Å²) in [5, 5.41) is 9.19. The van der Waals surface area contributed by atoms with Crippen LogP contribution in [0.4, 0.5) is 0 Å². The highest BCUT2D eigenvalue weighted by atomic mass is 16.5. The minimum atomic E-state index is 0.180. The van der Waals surface area contributed by atoms with Crippen molar-refractivity contribution in [2.24, 2.45) is 0 Å². The molecular weight excluding hydrogens is 228 g/mol. The molecule has 1 N–H and O–H groups in total. The fourth-order valence-corrected chi connectivity index (χ4v) is 2.27. The maximum absolute atomic E-state index is 9.19. The van der Waals surface area contributed by atoms with Gasteiger partial charge in [-0.15, -0.1) is 0 Å². The summed E-state index contributed by atoms with van der Waals surface area (Å²) in [5.41, 5.74) is 1.07. The van der Waals surface area contributed by atoms with E-state index < -0.39 is 0 Å². The molecule has 0 aliphatic carbocycles. The monoisotopic (exact) mass is 252 g/mol. The molecule has 1 heterocycles. The first kappa shape index (κ1) is 14.9. The number of rotatable bonds is 8. The van der Waals surface area contributed by atoms with Crippen LogP contribution in [0.1, 0.15) is 32.3 Å². The van der Waals surface area contributed by atoms with Gasteiger partial charge in [-0.1, -0.05) is 19.9 Å². The maximum atomic E-state index is 9.19. The van der Waals surface area contributed by atoms with E-state index in [-0.39, 0.29) is 6.61 Å². The summed E-state index contributed by atoms with van der Waals surface area (Å²) in [6, 6.07) is 4.43. The molecule has 0 radical (unpaired) electrons. The van der Waals surface area contributed by atoms with Gasteiger partial charge in [0.1, 0.15) is 0 Å². The summed E-state index contributed by atoms with van der Waals surface area (Å²) in [4.78, 5) is 6.50. The fourth-order valence-electron chi connectivity index (χ4n) is 2.27. The second-order valence-corrected chi connectivity index (χ2v) is 4.34. The number of nitrogens with zero attached hydrogens (tertiary/aromatic N) is 2. The zero-order valence-corrected chi connectivity index (χ0v) is 11.6. The van der Waals surface area contributed by atoms with Crippen LogP contribution in [0.25, 0.3) is 0 Å². The van der Waals surface area contributed by atoms with Gasteiger partial charge in [0.15, 0.2) is 0 Å². The fraction of sp³-hybridized carbons (Fsp3) is 0.643. The number of methoxy groups -OCH3 is 1. The van der Waals surface area contributed by atoms with E-state index in [1.54, 1.807) is 13.3 Å². The highest BCUT2D eigenvalue weighted by molar-refractivity contribution is 5.25. The highest BCUT2D eigenvalue weighted by Crippen LogP contribution is 2.19. The molecule has 1 aromatic heterocycles. The van der Waals surface area contributed by atoms with Crippen molar-refractivity contribution in [1.82, 2.24) is 9.88 Å². The van der Waals surface area contributed by atoms with Gasteiger partial charge in [0, 0.05) is 30.9 Å². The minimum absolute atomic E-state index is 0.180. The third kappa shape index (κ3) is 3.96. The predicted octanol–water partition coefficient (Wildman–Crippen LogP) is 2.07. The first-order valence-electron chi connectivity index (χ1n) is 6.59. The lowest BCUT2D eigenvalue weighted by molar-refractivity contribution is 0.135. The molecular formula is C14H24N2O2. The SMILES string of the molecule is CCC(CC)N(CCO)Cc1cccnc1OC. The van der Waals surface area contributed by atoms with Crippen molar-refractivity contribution in [1.29, 1.82) is 0 Å². The van der Waals surface area contributed by atoms with Crippen LogP contribution < -0.4 is 4.74 Å². The van der Waals surface area contributed by atoms with Gasteiger partial charge in [-0.25, -0.2) is 4.98 Å². The molecule has 18 heavy (non-hydrogen) atoms. The van der Waals surface area contributed by atoms with E-state index in [0.717, 1.165) is 24.9 Å². The van der Waals surface area contributed by atoms with Crippen molar-refractivity contribution >= 4 is 0 Å². The Balaban J connectivity index is 2.81. The van der Waals surface area contributed by atoms with E-state index in [1.165, 1.54) is 0 Å². The largest absolute Gasteiger partial charge is 0.481 e. The van der Waals surface area contributed by atoms with E-state index in [1.807, 2.05) is 12.1 Å². The van der Waals surface area contributed by atoms with Gasteiger partial charge in [0.05, 0.1) is 13.7 Å². The van der Waals surface area contributed by atoms with Gasteiger partial charge < -0.3 is 9.84 Å². The third-order valence-corrected chi connectivity index (χ3v) is 3.26. The molecule has 0 saturated heterocycles. The van der Waals surface area contributed by atoms with Crippen molar-refractivity contribution in [3.05, 3.63) is 23.9 Å². The van der Waals surface area contributed by atoms with Gasteiger partial charge in [-0.3, -0.25) is 4.90 Å². The minimum Gasteiger partial charge on any atom is -0.481 e. The van der Waals surface area contributed by atoms with Crippen LogP contribution in [-0.4, -0.2) is 41.3 Å². The van der Waals surface area contributed by atoms with Crippen LogP contribution in [-0.2, 0) is 6.54 Å². The average molecular weight is 252 g/mol. The lowest BCUT2D eigenvalue weighted by Crippen LogP contribution is -2.36. The molecule has 0 spiro atoms. The summed E-state index contributed by atoms with van der Waals surface area (Å²) >= 11 is 0. The van der Waals surface area contributed by atoms with Gasteiger partial charge >= 0.3 is 0 Å². The summed E-state index contributed by atoms with van der Waals surface area (Å²) in [6.07, 6.45) is 3.90. The number of pyridine rings is 1. The molecule has 4 heteroatoms. The Kier molecular flexibility index (Phi) is 6.68. The normalized spacial score (nSPS) is 11.2. The maximum Gasteiger partial charge on any atom is 0.217 e.